The van der Waals surface area contributed by atoms with Crippen molar-refractivity contribution < 1.29 is 32.2 Å². The number of methoxy groups -OCH3 is 1. The summed E-state index contributed by atoms with van der Waals surface area (Å²) in [7, 11) is -2.54. The Hall–Kier alpha value is -1.97. The predicted octanol–water partition coefficient (Wildman–Crippen LogP) is 0.346. The summed E-state index contributed by atoms with van der Waals surface area (Å²) in [5, 5.41) is 0. The molecule has 0 bridgehead atoms. The third-order valence-electron chi connectivity index (χ3n) is 3.59. The Morgan fingerprint density at radius 3 is 2.54 bits per heavy atom. The molecule has 2 rings (SSSR count). The lowest BCUT2D eigenvalue weighted by Gasteiger charge is -2.26. The summed E-state index contributed by atoms with van der Waals surface area (Å²) in [5.41, 5.74) is 0.638. The highest BCUT2D eigenvalue weighted by Crippen LogP contribution is 2.21. The fourth-order valence-corrected chi connectivity index (χ4v) is 3.61. The molecule has 0 unspecified atom stereocenters. The Balaban J connectivity index is 2.24. The number of nitrogens with zero attached hydrogens (tertiary/aromatic N) is 1. The van der Waals surface area contributed by atoms with Crippen molar-refractivity contribution >= 4 is 22.0 Å². The van der Waals surface area contributed by atoms with Gasteiger partial charge in [0, 0.05) is 13.1 Å². The van der Waals surface area contributed by atoms with Crippen LogP contribution < -0.4 is 0 Å². The van der Waals surface area contributed by atoms with Crippen molar-refractivity contribution in [3.8, 4) is 0 Å². The maximum Gasteiger partial charge on any atom is 0.344 e. The quantitative estimate of drug-likeness (QED) is 0.701. The maximum absolute atomic E-state index is 12.6. The van der Waals surface area contributed by atoms with E-state index in [9.17, 15) is 18.0 Å². The van der Waals surface area contributed by atoms with E-state index in [0.29, 0.717) is 18.8 Å². The second-order valence-electron chi connectivity index (χ2n) is 5.15. The molecule has 0 saturated carbocycles. The van der Waals surface area contributed by atoms with Gasteiger partial charge in [-0.25, -0.2) is 18.0 Å². The first-order chi connectivity index (χ1) is 11.4. The molecule has 1 heterocycles. The van der Waals surface area contributed by atoms with Crippen molar-refractivity contribution in [1.82, 2.24) is 4.31 Å². The van der Waals surface area contributed by atoms with Gasteiger partial charge >= 0.3 is 11.9 Å². The van der Waals surface area contributed by atoms with Crippen molar-refractivity contribution in [2.45, 2.75) is 11.8 Å². The molecule has 1 fully saturated rings. The minimum absolute atomic E-state index is 0.0000167. The number of carbonyl (C=O) groups excluding carboxylic acids is 2. The maximum atomic E-state index is 12.6. The normalized spacial score (nSPS) is 15.8. The lowest BCUT2D eigenvalue weighted by Crippen LogP contribution is -2.40. The van der Waals surface area contributed by atoms with E-state index in [0.717, 1.165) is 0 Å². The molecule has 1 aliphatic heterocycles. The Bertz CT molecular complexity index is 723. The molecule has 0 aromatic heterocycles. The minimum Gasteiger partial charge on any atom is -0.466 e. The molecule has 1 aromatic rings. The highest BCUT2D eigenvalue weighted by atomic mass is 32.2. The average molecular weight is 357 g/mol. The number of ether oxygens (including phenoxy) is 3. The van der Waals surface area contributed by atoms with Crippen LogP contribution in [0.2, 0.25) is 0 Å². The second-order valence-corrected chi connectivity index (χ2v) is 7.08. The summed E-state index contributed by atoms with van der Waals surface area (Å²) in [5.74, 6) is -1.48. The fraction of sp³-hybridized carbons (Fsp3) is 0.467. The van der Waals surface area contributed by atoms with Crippen molar-refractivity contribution in [2.24, 2.45) is 0 Å². The van der Waals surface area contributed by atoms with Crippen LogP contribution in [0.3, 0.4) is 0 Å². The van der Waals surface area contributed by atoms with Crippen LogP contribution in [0.4, 0.5) is 0 Å². The van der Waals surface area contributed by atoms with Crippen LogP contribution in [-0.2, 0) is 29.0 Å². The van der Waals surface area contributed by atoms with Crippen LogP contribution in [0, 0.1) is 6.92 Å². The van der Waals surface area contributed by atoms with Crippen LogP contribution in [0.25, 0.3) is 0 Å². The molecule has 0 spiro atoms. The summed E-state index contributed by atoms with van der Waals surface area (Å²) in [4.78, 5) is 23.1. The number of morpholine rings is 1. The van der Waals surface area contributed by atoms with Gasteiger partial charge in [-0.1, -0.05) is 6.07 Å². The first-order valence-corrected chi connectivity index (χ1v) is 8.72. The number of hydrogen-bond donors (Lipinski definition) is 0. The van der Waals surface area contributed by atoms with Gasteiger partial charge in [-0.15, -0.1) is 0 Å². The number of benzene rings is 1. The first-order valence-electron chi connectivity index (χ1n) is 7.28. The highest BCUT2D eigenvalue weighted by molar-refractivity contribution is 7.89. The fourth-order valence-electron chi connectivity index (χ4n) is 2.18. The van der Waals surface area contributed by atoms with E-state index in [1.807, 2.05) is 0 Å². The van der Waals surface area contributed by atoms with Gasteiger partial charge in [0.05, 0.1) is 30.8 Å². The topological polar surface area (TPSA) is 99.2 Å². The first kappa shape index (κ1) is 18.4. The lowest BCUT2D eigenvalue weighted by atomic mass is 10.1. The van der Waals surface area contributed by atoms with Gasteiger partial charge in [0.25, 0.3) is 0 Å². The molecular weight excluding hydrogens is 338 g/mol. The van der Waals surface area contributed by atoms with Crippen LogP contribution in [0.5, 0.6) is 0 Å². The third-order valence-corrected chi connectivity index (χ3v) is 5.48. The molecular formula is C15H19NO7S. The number of carbonyl (C=O) groups is 2. The molecule has 9 heteroatoms. The molecule has 8 nitrogen and oxygen atoms in total. The Morgan fingerprint density at radius 1 is 1.25 bits per heavy atom. The van der Waals surface area contributed by atoms with Gasteiger partial charge < -0.3 is 14.2 Å². The largest absolute Gasteiger partial charge is 0.466 e. The van der Waals surface area contributed by atoms with E-state index in [-0.39, 0.29) is 23.5 Å². The molecule has 1 aromatic carbocycles. The minimum atomic E-state index is -3.72. The smallest absolute Gasteiger partial charge is 0.344 e. The van der Waals surface area contributed by atoms with Crippen molar-refractivity contribution in [3.63, 3.8) is 0 Å². The molecule has 0 radical (unpaired) electrons. The Kier molecular flexibility index (Phi) is 5.92. The van der Waals surface area contributed by atoms with Gasteiger partial charge in [-0.05, 0) is 24.6 Å². The van der Waals surface area contributed by atoms with Crippen LogP contribution in [0.15, 0.2) is 23.1 Å². The zero-order chi connectivity index (χ0) is 17.7. The number of hydrogen-bond acceptors (Lipinski definition) is 7. The number of rotatable bonds is 5. The Labute approximate surface area is 140 Å². The zero-order valence-corrected chi connectivity index (χ0v) is 14.3. The molecule has 0 N–H and O–H groups in total. The monoisotopic (exact) mass is 357 g/mol. The molecule has 24 heavy (non-hydrogen) atoms. The molecule has 132 valence electrons. The van der Waals surface area contributed by atoms with Crippen molar-refractivity contribution in [1.29, 1.82) is 0 Å². The second kappa shape index (κ2) is 7.73. The molecule has 1 aliphatic rings. The van der Waals surface area contributed by atoms with E-state index >= 15 is 0 Å². The summed E-state index contributed by atoms with van der Waals surface area (Å²) < 4.78 is 40.9. The summed E-state index contributed by atoms with van der Waals surface area (Å²) in [6, 6.07) is 4.24. The van der Waals surface area contributed by atoms with E-state index in [1.54, 1.807) is 6.92 Å². The van der Waals surface area contributed by atoms with Crippen LogP contribution >= 0.6 is 0 Å². The standard InChI is InChI=1S/C15H19NO7S/c1-11-3-4-12(24(19,20)16-5-7-22-8-6-16)9-13(11)15(18)23-10-14(17)21-2/h3-4,9H,5-8,10H2,1-2H3. The van der Waals surface area contributed by atoms with Crippen LogP contribution in [0.1, 0.15) is 15.9 Å². The van der Waals surface area contributed by atoms with E-state index in [4.69, 9.17) is 9.47 Å². The van der Waals surface area contributed by atoms with Gasteiger partial charge in [0.1, 0.15) is 0 Å². The Morgan fingerprint density at radius 2 is 1.92 bits per heavy atom. The van der Waals surface area contributed by atoms with Gasteiger partial charge in [0.15, 0.2) is 6.61 Å². The molecule has 0 atom stereocenters. The number of esters is 2. The summed E-state index contributed by atoms with van der Waals surface area (Å²) in [6.45, 7) is 2.31. The van der Waals surface area contributed by atoms with Gasteiger partial charge in [-0.3, -0.25) is 0 Å². The lowest BCUT2D eigenvalue weighted by molar-refractivity contribution is -0.144. The molecule has 0 amide bonds. The number of sulfonamides is 1. The SMILES string of the molecule is COC(=O)COC(=O)c1cc(S(=O)(=O)N2CCOCC2)ccc1C. The number of aryl methyl sites for hydroxylation is 1. The van der Waals surface area contributed by atoms with E-state index in [2.05, 4.69) is 4.74 Å². The van der Waals surface area contributed by atoms with Gasteiger partial charge in [0.2, 0.25) is 10.0 Å². The molecule has 0 aliphatic carbocycles. The summed E-state index contributed by atoms with van der Waals surface area (Å²) in [6.07, 6.45) is 0. The zero-order valence-electron chi connectivity index (χ0n) is 13.5. The van der Waals surface area contributed by atoms with E-state index in [1.165, 1.54) is 29.6 Å². The van der Waals surface area contributed by atoms with E-state index < -0.39 is 28.6 Å². The average Bonchev–Trinajstić information content (AvgIpc) is 2.60. The highest BCUT2D eigenvalue weighted by Gasteiger charge is 2.27. The third kappa shape index (κ3) is 4.11. The predicted molar refractivity (Wildman–Crippen MR) is 83.1 cm³/mol. The summed E-state index contributed by atoms with van der Waals surface area (Å²) >= 11 is 0. The van der Waals surface area contributed by atoms with Crippen LogP contribution in [-0.4, -0.2) is 64.7 Å². The van der Waals surface area contributed by atoms with Crippen molar-refractivity contribution in [3.05, 3.63) is 29.3 Å². The van der Waals surface area contributed by atoms with Gasteiger partial charge in [-0.2, -0.15) is 4.31 Å². The van der Waals surface area contributed by atoms with Crippen molar-refractivity contribution in [2.75, 3.05) is 40.0 Å². The molecule has 1 saturated heterocycles.